The molecule has 0 bridgehead atoms. The summed E-state index contributed by atoms with van der Waals surface area (Å²) < 4.78 is 5.06. The van der Waals surface area contributed by atoms with Crippen LogP contribution in [0.4, 0.5) is 0 Å². The number of hydrogen-bond acceptors (Lipinski definition) is 5. The second kappa shape index (κ2) is 6.48. The van der Waals surface area contributed by atoms with Gasteiger partial charge in [0.1, 0.15) is 11.8 Å². The van der Waals surface area contributed by atoms with Crippen molar-refractivity contribution in [2.24, 2.45) is 0 Å². The Morgan fingerprint density at radius 3 is 2.82 bits per heavy atom. The molecule has 1 atom stereocenters. The van der Waals surface area contributed by atoms with Crippen LogP contribution in [0.1, 0.15) is 45.1 Å². The molecular formula is C15H23N3O4. The number of hydroxylamine groups is 1. The molecule has 122 valence electrons. The summed E-state index contributed by atoms with van der Waals surface area (Å²) in [6.45, 7) is 7.90. The predicted molar refractivity (Wildman–Crippen MR) is 78.7 cm³/mol. The van der Waals surface area contributed by atoms with Gasteiger partial charge >= 0.3 is 0 Å². The number of nitrogens with one attached hydrogen (secondary N) is 1. The van der Waals surface area contributed by atoms with E-state index in [2.05, 4.69) is 10.6 Å². The summed E-state index contributed by atoms with van der Waals surface area (Å²) in [4.78, 5) is 31.4. The molecular weight excluding hydrogens is 286 g/mol. The first-order valence-corrected chi connectivity index (χ1v) is 7.46. The van der Waals surface area contributed by atoms with Crippen LogP contribution in [0.3, 0.4) is 0 Å². The van der Waals surface area contributed by atoms with Gasteiger partial charge in [-0.1, -0.05) is 5.16 Å². The van der Waals surface area contributed by atoms with Crippen LogP contribution in [-0.2, 0) is 20.8 Å². The Morgan fingerprint density at radius 1 is 1.50 bits per heavy atom. The highest BCUT2D eigenvalue weighted by molar-refractivity contribution is 5.88. The summed E-state index contributed by atoms with van der Waals surface area (Å²) in [5.74, 6) is 0.0959. The third-order valence-electron chi connectivity index (χ3n) is 3.34. The Kier molecular flexibility index (Phi) is 4.85. The van der Waals surface area contributed by atoms with Crippen LogP contribution >= 0.6 is 0 Å². The highest BCUT2D eigenvalue weighted by Crippen LogP contribution is 2.19. The second-order valence-corrected chi connectivity index (χ2v) is 6.54. The minimum absolute atomic E-state index is 0.116. The molecule has 1 N–H and O–H groups in total. The first-order valence-electron chi connectivity index (χ1n) is 7.46. The highest BCUT2D eigenvalue weighted by Gasteiger charge is 2.35. The quantitative estimate of drug-likeness (QED) is 0.849. The number of aryl methyl sites for hydroxylation is 1. The van der Waals surface area contributed by atoms with E-state index in [1.165, 1.54) is 0 Å². The van der Waals surface area contributed by atoms with Crippen molar-refractivity contribution in [3.05, 3.63) is 17.5 Å². The molecule has 1 aromatic rings. The average molecular weight is 309 g/mol. The molecule has 1 unspecified atom stereocenters. The van der Waals surface area contributed by atoms with Gasteiger partial charge in [-0.3, -0.25) is 14.4 Å². The van der Waals surface area contributed by atoms with Crippen molar-refractivity contribution < 1.29 is 18.9 Å². The van der Waals surface area contributed by atoms with Crippen LogP contribution in [0, 0.1) is 6.92 Å². The van der Waals surface area contributed by atoms with Gasteiger partial charge in [-0.15, -0.1) is 0 Å². The van der Waals surface area contributed by atoms with Gasteiger partial charge in [0, 0.05) is 12.6 Å². The lowest BCUT2D eigenvalue weighted by Gasteiger charge is -2.25. The number of amides is 2. The number of nitrogens with zero attached hydrogens (tertiary/aromatic N) is 2. The lowest BCUT2D eigenvalue weighted by Crippen LogP contribution is -2.48. The maximum atomic E-state index is 12.4. The smallest absolute Gasteiger partial charge is 0.266 e. The van der Waals surface area contributed by atoms with E-state index in [1.807, 2.05) is 20.8 Å². The largest absolute Gasteiger partial charge is 0.361 e. The fraction of sp³-hybridized carbons (Fsp3) is 0.667. The van der Waals surface area contributed by atoms with Gasteiger partial charge in [0.15, 0.2) is 0 Å². The minimum Gasteiger partial charge on any atom is -0.361 e. The van der Waals surface area contributed by atoms with E-state index in [1.54, 1.807) is 17.9 Å². The molecule has 2 heterocycles. The first-order chi connectivity index (χ1) is 10.3. The molecule has 1 aromatic heterocycles. The van der Waals surface area contributed by atoms with Gasteiger partial charge in [-0.2, -0.15) is 0 Å². The normalized spacial score (nSPS) is 18.5. The van der Waals surface area contributed by atoms with Crippen LogP contribution in [0.5, 0.6) is 0 Å². The van der Waals surface area contributed by atoms with Crippen LogP contribution in [0.25, 0.3) is 0 Å². The molecule has 22 heavy (non-hydrogen) atoms. The van der Waals surface area contributed by atoms with Gasteiger partial charge in [0.05, 0.1) is 17.7 Å². The molecule has 1 aliphatic rings. The summed E-state index contributed by atoms with van der Waals surface area (Å²) in [7, 11) is 0. The monoisotopic (exact) mass is 309 g/mol. The topological polar surface area (TPSA) is 84.7 Å². The van der Waals surface area contributed by atoms with Gasteiger partial charge < -0.3 is 9.42 Å². The zero-order chi connectivity index (χ0) is 16.3. The second-order valence-electron chi connectivity index (χ2n) is 6.54. The first kappa shape index (κ1) is 16.5. The van der Waals surface area contributed by atoms with Crippen LogP contribution < -0.4 is 5.48 Å². The van der Waals surface area contributed by atoms with Crippen molar-refractivity contribution in [1.82, 2.24) is 15.5 Å². The van der Waals surface area contributed by atoms with E-state index in [0.717, 1.165) is 12.1 Å². The summed E-state index contributed by atoms with van der Waals surface area (Å²) >= 11 is 0. The van der Waals surface area contributed by atoms with E-state index >= 15 is 0 Å². The maximum absolute atomic E-state index is 12.4. The number of carbonyl (C=O) groups excluding carboxylic acids is 2. The molecule has 0 spiro atoms. The fourth-order valence-electron chi connectivity index (χ4n) is 2.36. The third kappa shape index (κ3) is 4.30. The Bertz CT molecular complexity index is 547. The molecule has 7 heteroatoms. The molecule has 0 saturated carbocycles. The Morgan fingerprint density at radius 2 is 2.23 bits per heavy atom. The highest BCUT2D eigenvalue weighted by atomic mass is 16.7. The van der Waals surface area contributed by atoms with Crippen molar-refractivity contribution in [2.75, 3.05) is 6.54 Å². The Labute approximate surface area is 129 Å². The molecule has 1 saturated heterocycles. The van der Waals surface area contributed by atoms with Gasteiger partial charge in [-0.25, -0.2) is 5.48 Å². The number of rotatable bonds is 4. The van der Waals surface area contributed by atoms with E-state index in [0.29, 0.717) is 18.7 Å². The maximum Gasteiger partial charge on any atom is 0.266 e. The van der Waals surface area contributed by atoms with Gasteiger partial charge in [-0.05, 0) is 40.5 Å². The standard InChI is InChI=1S/C15H23N3O4/c1-10-8-11(21-16-10)9-13(19)18-7-5-6-12(18)14(20)17-22-15(2,3)4/h8,12H,5-7,9H2,1-4H3,(H,17,20). The van der Waals surface area contributed by atoms with Crippen molar-refractivity contribution in [2.45, 2.75) is 58.6 Å². The summed E-state index contributed by atoms with van der Waals surface area (Å²) in [6.07, 6.45) is 1.56. The molecule has 2 rings (SSSR count). The summed E-state index contributed by atoms with van der Waals surface area (Å²) in [5.41, 5.74) is 2.71. The van der Waals surface area contributed by atoms with Crippen LogP contribution in [-0.4, -0.2) is 40.1 Å². The van der Waals surface area contributed by atoms with Gasteiger partial charge in [0.2, 0.25) is 5.91 Å². The number of likely N-dealkylation sites (tertiary alicyclic amines) is 1. The minimum atomic E-state index is -0.487. The van der Waals surface area contributed by atoms with E-state index in [9.17, 15) is 9.59 Å². The Balaban J connectivity index is 1.94. The zero-order valence-electron chi connectivity index (χ0n) is 13.5. The van der Waals surface area contributed by atoms with E-state index < -0.39 is 11.6 Å². The summed E-state index contributed by atoms with van der Waals surface area (Å²) in [5, 5.41) is 3.76. The van der Waals surface area contributed by atoms with Crippen molar-refractivity contribution in [3.63, 3.8) is 0 Å². The van der Waals surface area contributed by atoms with Crippen molar-refractivity contribution >= 4 is 11.8 Å². The molecule has 1 aliphatic heterocycles. The number of aromatic nitrogens is 1. The zero-order valence-corrected chi connectivity index (χ0v) is 13.5. The molecule has 0 aromatic carbocycles. The number of carbonyl (C=O) groups is 2. The lowest BCUT2D eigenvalue weighted by molar-refractivity contribution is -0.153. The Hall–Kier alpha value is -1.89. The third-order valence-corrected chi connectivity index (χ3v) is 3.34. The molecule has 0 aliphatic carbocycles. The number of hydrogen-bond donors (Lipinski definition) is 1. The fourth-order valence-corrected chi connectivity index (χ4v) is 2.36. The van der Waals surface area contributed by atoms with E-state index in [-0.39, 0.29) is 18.2 Å². The van der Waals surface area contributed by atoms with Crippen molar-refractivity contribution in [3.8, 4) is 0 Å². The van der Waals surface area contributed by atoms with Crippen LogP contribution in [0.15, 0.2) is 10.6 Å². The molecule has 2 amide bonds. The molecule has 7 nitrogen and oxygen atoms in total. The molecule has 0 radical (unpaired) electrons. The SMILES string of the molecule is Cc1cc(CC(=O)N2CCCC2C(=O)NOC(C)(C)C)on1. The predicted octanol–water partition coefficient (Wildman–Crippen LogP) is 1.36. The van der Waals surface area contributed by atoms with Crippen LogP contribution in [0.2, 0.25) is 0 Å². The summed E-state index contributed by atoms with van der Waals surface area (Å²) in [6, 6.07) is 1.24. The van der Waals surface area contributed by atoms with Crippen molar-refractivity contribution in [1.29, 1.82) is 0 Å². The lowest BCUT2D eigenvalue weighted by atomic mass is 10.2. The van der Waals surface area contributed by atoms with E-state index in [4.69, 9.17) is 9.36 Å². The molecule has 1 fully saturated rings. The average Bonchev–Trinajstić information content (AvgIpc) is 3.04. The van der Waals surface area contributed by atoms with Gasteiger partial charge in [0.25, 0.3) is 5.91 Å².